The average molecular weight is 317 g/mol. The van der Waals surface area contributed by atoms with Gasteiger partial charge in [0.1, 0.15) is 0 Å². The van der Waals surface area contributed by atoms with Crippen LogP contribution in [0.4, 0.5) is 0 Å². The molecule has 0 N–H and O–H groups in total. The number of hydrogen-bond donors (Lipinski definition) is 0. The van der Waals surface area contributed by atoms with Gasteiger partial charge in [0.25, 0.3) is 0 Å². The van der Waals surface area contributed by atoms with Crippen LogP contribution in [0.1, 0.15) is 17.5 Å². The summed E-state index contributed by atoms with van der Waals surface area (Å²) in [7, 11) is -0.310. The zero-order chi connectivity index (χ0) is 15.7. The van der Waals surface area contributed by atoms with Crippen LogP contribution in [0.25, 0.3) is 17.2 Å². The zero-order valence-corrected chi connectivity index (χ0v) is 13.0. The lowest BCUT2D eigenvalue weighted by Crippen LogP contribution is -2.05. The van der Waals surface area contributed by atoms with Gasteiger partial charge in [0, 0.05) is 37.0 Å². The summed E-state index contributed by atoms with van der Waals surface area (Å²) in [6.07, 6.45) is 2.70. The minimum atomic E-state index is -3.38. The third-order valence-electron chi connectivity index (χ3n) is 3.52. The number of benzene rings is 1. The van der Waals surface area contributed by atoms with E-state index in [1.165, 1.54) is 19.6 Å². The van der Waals surface area contributed by atoms with Crippen LogP contribution in [-0.2, 0) is 19.3 Å². The van der Waals surface area contributed by atoms with E-state index in [1.807, 2.05) is 12.1 Å². The summed E-state index contributed by atoms with van der Waals surface area (Å²) in [6.45, 7) is 0. The van der Waals surface area contributed by atoms with Crippen molar-refractivity contribution in [1.82, 2.24) is 4.98 Å². The van der Waals surface area contributed by atoms with Crippen molar-refractivity contribution in [3.8, 4) is 11.1 Å². The van der Waals surface area contributed by atoms with Crippen molar-refractivity contribution >= 4 is 15.9 Å². The molecule has 0 unspecified atom stereocenters. The average Bonchev–Trinajstić information content (AvgIpc) is 2.85. The van der Waals surface area contributed by atoms with Crippen molar-refractivity contribution in [2.75, 3.05) is 14.2 Å². The van der Waals surface area contributed by atoms with Crippen molar-refractivity contribution in [2.45, 2.75) is 11.2 Å². The van der Waals surface area contributed by atoms with Gasteiger partial charge in [0.2, 0.25) is 16.1 Å². The van der Waals surface area contributed by atoms with Crippen LogP contribution in [-0.4, -0.2) is 27.6 Å². The van der Waals surface area contributed by atoms with Crippen molar-refractivity contribution in [3.63, 3.8) is 0 Å². The lowest BCUT2D eigenvalue weighted by atomic mass is 10.0. The monoisotopic (exact) mass is 317 g/mol. The first-order valence-electron chi connectivity index (χ1n) is 6.65. The molecule has 0 saturated carbocycles. The number of methoxy groups -OCH3 is 2. The largest absolute Gasteiger partial charge is 0.350 e. The van der Waals surface area contributed by atoms with Gasteiger partial charge in [-0.05, 0) is 17.7 Å². The number of ether oxygens (including phenoxy) is 2. The molecule has 114 valence electrons. The maximum atomic E-state index is 12.2. The summed E-state index contributed by atoms with van der Waals surface area (Å²) in [6, 6.07) is 8.98. The molecule has 5 nitrogen and oxygen atoms in total. The third-order valence-corrected chi connectivity index (χ3v) is 5.04. The molecule has 0 spiro atoms. The van der Waals surface area contributed by atoms with E-state index >= 15 is 0 Å². The number of fused-ring (bicyclic) bond motifs is 1. The highest BCUT2D eigenvalue weighted by Crippen LogP contribution is 2.36. The van der Waals surface area contributed by atoms with Gasteiger partial charge in [-0.3, -0.25) is 4.98 Å². The van der Waals surface area contributed by atoms with Crippen LogP contribution in [0.3, 0.4) is 0 Å². The molecule has 2 aromatic rings. The maximum Gasteiger partial charge on any atom is 0.201 e. The Hall–Kier alpha value is -2.02. The molecule has 22 heavy (non-hydrogen) atoms. The smallest absolute Gasteiger partial charge is 0.201 e. The fourth-order valence-corrected chi connectivity index (χ4v) is 3.92. The normalized spacial score (nSPS) is 15.2. The van der Waals surface area contributed by atoms with Gasteiger partial charge in [-0.2, -0.15) is 0 Å². The molecule has 1 aliphatic heterocycles. The predicted octanol–water partition coefficient (Wildman–Crippen LogP) is 2.80. The Labute approximate surface area is 129 Å². The summed E-state index contributed by atoms with van der Waals surface area (Å²) in [4.78, 5) is 4.64. The van der Waals surface area contributed by atoms with Crippen LogP contribution >= 0.6 is 0 Å². The summed E-state index contributed by atoms with van der Waals surface area (Å²) >= 11 is 0. The molecule has 0 aliphatic carbocycles. The van der Waals surface area contributed by atoms with Gasteiger partial charge >= 0.3 is 0 Å². The first-order chi connectivity index (χ1) is 10.6. The summed E-state index contributed by atoms with van der Waals surface area (Å²) in [5.41, 5.74) is 2.71. The number of hydrogen-bond acceptors (Lipinski definition) is 5. The van der Waals surface area contributed by atoms with Gasteiger partial charge < -0.3 is 9.47 Å². The molecular formula is C16H15NO4S. The Morgan fingerprint density at radius 2 is 1.86 bits per heavy atom. The minimum absolute atomic E-state index is 0.333. The molecule has 0 radical (unpaired) electrons. The molecule has 1 aromatic heterocycles. The second kappa shape index (κ2) is 5.64. The Morgan fingerprint density at radius 1 is 1.09 bits per heavy atom. The molecule has 1 aromatic carbocycles. The maximum absolute atomic E-state index is 12.2. The van der Waals surface area contributed by atoms with E-state index in [9.17, 15) is 8.42 Å². The van der Waals surface area contributed by atoms with Gasteiger partial charge in [-0.15, -0.1) is 0 Å². The molecule has 0 saturated heterocycles. The first-order valence-corrected chi connectivity index (χ1v) is 8.19. The van der Waals surface area contributed by atoms with E-state index in [4.69, 9.17) is 9.47 Å². The molecule has 0 bridgehead atoms. The van der Waals surface area contributed by atoms with Gasteiger partial charge in [-0.25, -0.2) is 8.42 Å². The minimum Gasteiger partial charge on any atom is -0.350 e. The lowest BCUT2D eigenvalue weighted by molar-refractivity contribution is -0.108. The molecule has 6 heteroatoms. The van der Waals surface area contributed by atoms with Crippen LogP contribution in [0.5, 0.6) is 0 Å². The van der Waals surface area contributed by atoms with Crippen LogP contribution in [0, 0.1) is 0 Å². The first kappa shape index (κ1) is 14.9. The molecular weight excluding hydrogens is 302 g/mol. The van der Waals surface area contributed by atoms with Crippen molar-refractivity contribution in [1.29, 1.82) is 0 Å². The van der Waals surface area contributed by atoms with Crippen LogP contribution in [0.15, 0.2) is 46.8 Å². The summed E-state index contributed by atoms with van der Waals surface area (Å²) < 4.78 is 34.6. The topological polar surface area (TPSA) is 65.5 Å². The van der Waals surface area contributed by atoms with E-state index in [0.29, 0.717) is 21.7 Å². The highest BCUT2D eigenvalue weighted by Gasteiger charge is 2.25. The number of rotatable bonds is 4. The summed E-state index contributed by atoms with van der Waals surface area (Å²) in [5, 5.41) is 1.23. The number of pyridine rings is 1. The van der Waals surface area contributed by atoms with E-state index < -0.39 is 16.1 Å². The highest BCUT2D eigenvalue weighted by molar-refractivity contribution is 7.95. The quantitative estimate of drug-likeness (QED) is 0.811. The molecule has 0 amide bonds. The highest BCUT2D eigenvalue weighted by atomic mass is 32.2. The van der Waals surface area contributed by atoms with Gasteiger partial charge in [0.05, 0.1) is 10.6 Å². The number of aromatic nitrogens is 1. The Balaban J connectivity index is 2.06. The Morgan fingerprint density at radius 3 is 2.50 bits per heavy atom. The molecule has 0 fully saturated rings. The summed E-state index contributed by atoms with van der Waals surface area (Å²) in [5.74, 6) is 0. The third kappa shape index (κ3) is 2.45. The van der Waals surface area contributed by atoms with E-state index in [2.05, 4.69) is 4.98 Å². The fraction of sp³-hybridized carbons (Fsp3) is 0.188. The second-order valence-electron chi connectivity index (χ2n) is 4.85. The van der Waals surface area contributed by atoms with E-state index in [1.54, 1.807) is 30.5 Å². The van der Waals surface area contributed by atoms with Crippen LogP contribution in [0.2, 0.25) is 0 Å². The zero-order valence-electron chi connectivity index (χ0n) is 12.2. The molecule has 0 atom stereocenters. The standard InChI is InChI=1S/C16H15NO4S/c1-20-16(21-2)14-7-6-12(10-17-14)13-5-3-4-11-8-9-22(18,19)15(11)13/h3-10,16H,1-2H3. The molecule has 2 heterocycles. The van der Waals surface area contributed by atoms with Gasteiger partial charge in [-0.1, -0.05) is 24.3 Å². The van der Waals surface area contributed by atoms with Gasteiger partial charge in [0.15, 0.2) is 0 Å². The Bertz CT molecular complexity index is 822. The van der Waals surface area contributed by atoms with E-state index in [0.717, 1.165) is 5.56 Å². The number of nitrogens with zero attached hydrogens (tertiary/aromatic N) is 1. The Kier molecular flexibility index (Phi) is 3.82. The lowest BCUT2D eigenvalue weighted by Gasteiger charge is -2.13. The predicted molar refractivity (Wildman–Crippen MR) is 82.7 cm³/mol. The SMILES string of the molecule is COC(OC)c1ccc(-c2cccc3c2S(=O)(=O)C=C3)cn1. The number of sulfone groups is 1. The van der Waals surface area contributed by atoms with E-state index in [-0.39, 0.29) is 0 Å². The van der Waals surface area contributed by atoms with Crippen molar-refractivity contribution in [2.24, 2.45) is 0 Å². The molecule has 3 rings (SSSR count). The fourth-order valence-electron chi connectivity index (χ4n) is 2.50. The van der Waals surface area contributed by atoms with Crippen molar-refractivity contribution < 1.29 is 17.9 Å². The van der Waals surface area contributed by atoms with Crippen LogP contribution < -0.4 is 0 Å². The van der Waals surface area contributed by atoms with Crippen molar-refractivity contribution in [3.05, 3.63) is 53.2 Å². The second-order valence-corrected chi connectivity index (χ2v) is 6.62. The molecule has 1 aliphatic rings.